The highest BCUT2D eigenvalue weighted by Gasteiger charge is 2.34. The maximum atomic E-state index is 13.1. The van der Waals surface area contributed by atoms with Gasteiger partial charge in [0.05, 0.1) is 26.3 Å². The number of nitrogens with zero attached hydrogens (tertiary/aromatic N) is 1. The molecule has 2 N–H and O–H groups in total. The van der Waals surface area contributed by atoms with E-state index in [-0.39, 0.29) is 13.0 Å². The van der Waals surface area contributed by atoms with Crippen molar-refractivity contribution in [1.82, 2.24) is 5.32 Å². The fourth-order valence-corrected chi connectivity index (χ4v) is 4.11. The van der Waals surface area contributed by atoms with E-state index >= 15 is 0 Å². The molecule has 0 bridgehead atoms. The molecular weight excluding hydrogens is 523 g/mol. The minimum absolute atomic E-state index is 0.0630. The summed E-state index contributed by atoms with van der Waals surface area (Å²) in [6.45, 7) is -0.829. The molecule has 6 nitrogen and oxygen atoms in total. The van der Waals surface area contributed by atoms with Crippen LogP contribution >= 0.6 is 0 Å². The van der Waals surface area contributed by atoms with Crippen molar-refractivity contribution in [3.63, 3.8) is 0 Å². The van der Waals surface area contributed by atoms with E-state index in [9.17, 15) is 31.9 Å². The summed E-state index contributed by atoms with van der Waals surface area (Å²) < 4.78 is 75.3. The molecule has 0 aromatic heterocycles. The molecule has 3 aromatic rings. The van der Waals surface area contributed by atoms with Gasteiger partial charge in [-0.05, 0) is 41.8 Å². The predicted molar refractivity (Wildman–Crippen MR) is 136 cm³/mol. The zero-order valence-electron chi connectivity index (χ0n) is 21.3. The topological polar surface area (TPSA) is 71.0 Å². The van der Waals surface area contributed by atoms with Crippen LogP contribution in [0.2, 0.25) is 0 Å². The normalized spacial score (nSPS) is 13.1. The Hall–Kier alpha value is -3.86. The van der Waals surface area contributed by atoms with Crippen LogP contribution in [0.1, 0.15) is 22.6 Å². The highest BCUT2D eigenvalue weighted by Crippen LogP contribution is 2.35. The highest BCUT2D eigenvalue weighted by molar-refractivity contribution is 5.85. The van der Waals surface area contributed by atoms with Gasteiger partial charge >= 0.3 is 6.18 Å². The van der Waals surface area contributed by atoms with Crippen molar-refractivity contribution >= 4 is 11.6 Å². The third-order valence-electron chi connectivity index (χ3n) is 6.11. The lowest BCUT2D eigenvalue weighted by Gasteiger charge is -2.35. The van der Waals surface area contributed by atoms with E-state index < -0.39 is 42.8 Å². The zero-order chi connectivity index (χ0) is 28.6. The summed E-state index contributed by atoms with van der Waals surface area (Å²) in [6.07, 6.45) is -8.61. The molecule has 11 heteroatoms. The fourth-order valence-electron chi connectivity index (χ4n) is 4.11. The number of aliphatic hydroxyl groups is 1. The Morgan fingerprint density at radius 2 is 1.59 bits per heavy atom. The Morgan fingerprint density at radius 3 is 2.15 bits per heavy atom. The van der Waals surface area contributed by atoms with Crippen molar-refractivity contribution in [3.8, 4) is 11.5 Å². The van der Waals surface area contributed by atoms with E-state index in [1.165, 1.54) is 31.3 Å². The van der Waals surface area contributed by atoms with Crippen molar-refractivity contribution < 1.29 is 41.3 Å². The molecule has 1 amide bonds. The number of hydrogen-bond acceptors (Lipinski definition) is 5. The average Bonchev–Trinajstić information content (AvgIpc) is 2.92. The number of rotatable bonds is 12. The number of alkyl halides is 5. The van der Waals surface area contributed by atoms with Gasteiger partial charge in [0.2, 0.25) is 5.91 Å². The SMILES string of the molecule is COc1ccc(N(CCc2ccc(C(F)(F)F)cc2)C(O)C(C(=O)NCC(F)F)c2ccccc2)cc1OC. The Bertz CT molecular complexity index is 1210. The summed E-state index contributed by atoms with van der Waals surface area (Å²) in [6, 6.07) is 17.6. The van der Waals surface area contributed by atoms with Gasteiger partial charge in [-0.15, -0.1) is 0 Å². The fraction of sp³-hybridized carbons (Fsp3) is 0.321. The van der Waals surface area contributed by atoms with E-state index in [0.29, 0.717) is 28.3 Å². The highest BCUT2D eigenvalue weighted by atomic mass is 19.4. The van der Waals surface area contributed by atoms with Crippen molar-refractivity contribution in [2.75, 3.05) is 32.2 Å². The monoisotopic (exact) mass is 552 g/mol. The van der Waals surface area contributed by atoms with Gasteiger partial charge in [-0.3, -0.25) is 4.79 Å². The molecule has 0 heterocycles. The molecule has 0 aliphatic heterocycles. The second-order valence-corrected chi connectivity index (χ2v) is 8.62. The lowest BCUT2D eigenvalue weighted by Crippen LogP contribution is -2.47. The summed E-state index contributed by atoms with van der Waals surface area (Å²) in [7, 11) is 2.88. The van der Waals surface area contributed by atoms with Crippen LogP contribution in [-0.4, -0.2) is 51.0 Å². The maximum absolute atomic E-state index is 13.1. The maximum Gasteiger partial charge on any atom is 0.416 e. The van der Waals surface area contributed by atoms with E-state index in [2.05, 4.69) is 5.32 Å². The number of anilines is 1. The number of ether oxygens (including phenoxy) is 2. The number of hydrogen-bond donors (Lipinski definition) is 2. The molecule has 0 saturated carbocycles. The Kier molecular flexibility index (Phi) is 10.1. The quantitative estimate of drug-likeness (QED) is 0.237. The summed E-state index contributed by atoms with van der Waals surface area (Å²) in [5.74, 6) is -1.34. The van der Waals surface area contributed by atoms with Gasteiger partial charge in [0.1, 0.15) is 12.1 Å². The van der Waals surface area contributed by atoms with Crippen LogP contribution in [0.4, 0.5) is 27.6 Å². The smallest absolute Gasteiger partial charge is 0.416 e. The molecule has 39 heavy (non-hydrogen) atoms. The van der Waals surface area contributed by atoms with Crippen LogP contribution in [0.5, 0.6) is 11.5 Å². The van der Waals surface area contributed by atoms with Crippen molar-refractivity contribution in [1.29, 1.82) is 0 Å². The third kappa shape index (κ3) is 7.82. The number of aliphatic hydroxyl groups excluding tert-OH is 1. The minimum atomic E-state index is -4.48. The number of amides is 1. The van der Waals surface area contributed by atoms with Gasteiger partial charge in [-0.1, -0.05) is 42.5 Å². The Labute approximate surface area is 223 Å². The average molecular weight is 553 g/mol. The number of halogens is 5. The molecule has 0 aliphatic rings. The van der Waals surface area contributed by atoms with E-state index in [1.807, 2.05) is 0 Å². The first-order valence-corrected chi connectivity index (χ1v) is 12.0. The van der Waals surface area contributed by atoms with Crippen LogP contribution in [0.25, 0.3) is 0 Å². The van der Waals surface area contributed by atoms with Crippen LogP contribution < -0.4 is 19.7 Å². The van der Waals surface area contributed by atoms with E-state index in [0.717, 1.165) is 12.1 Å². The molecular formula is C28H29F5N2O4. The largest absolute Gasteiger partial charge is 0.493 e. The van der Waals surface area contributed by atoms with Crippen LogP contribution in [-0.2, 0) is 17.4 Å². The standard InChI is InChI=1S/C28H29F5N2O4/c1-38-22-13-12-21(16-23(22)39-2)35(15-14-18-8-10-20(11-9-18)28(31,32)33)27(37)25(19-6-4-3-5-7-19)26(36)34-17-24(29)30/h3-13,16,24-25,27,37H,14-15,17H2,1-2H3,(H,34,36). The molecule has 0 aliphatic carbocycles. The van der Waals surface area contributed by atoms with Crippen LogP contribution in [0.3, 0.4) is 0 Å². The van der Waals surface area contributed by atoms with Crippen molar-refractivity contribution in [2.45, 2.75) is 31.2 Å². The molecule has 3 aromatic carbocycles. The summed E-state index contributed by atoms with van der Waals surface area (Å²) in [5.41, 5.74) is 0.563. The van der Waals surface area contributed by atoms with Gasteiger partial charge < -0.3 is 24.8 Å². The molecule has 0 spiro atoms. The first-order valence-electron chi connectivity index (χ1n) is 12.0. The van der Waals surface area contributed by atoms with Gasteiger partial charge in [-0.25, -0.2) is 8.78 Å². The Morgan fingerprint density at radius 1 is 0.949 bits per heavy atom. The number of carbonyl (C=O) groups excluding carboxylic acids is 1. The number of nitrogens with one attached hydrogen (secondary N) is 1. The molecule has 210 valence electrons. The van der Waals surface area contributed by atoms with Crippen LogP contribution in [0.15, 0.2) is 72.8 Å². The molecule has 0 fully saturated rings. The molecule has 2 atom stereocenters. The first kappa shape index (κ1) is 29.7. The first-order chi connectivity index (χ1) is 18.5. The second kappa shape index (κ2) is 13.3. The number of benzene rings is 3. The second-order valence-electron chi connectivity index (χ2n) is 8.62. The van der Waals surface area contributed by atoms with Gasteiger partial charge in [0.25, 0.3) is 6.43 Å². The minimum Gasteiger partial charge on any atom is -0.493 e. The van der Waals surface area contributed by atoms with Crippen LogP contribution in [0, 0.1) is 0 Å². The number of carbonyl (C=O) groups is 1. The predicted octanol–water partition coefficient (Wildman–Crippen LogP) is 5.26. The lowest BCUT2D eigenvalue weighted by molar-refractivity contribution is -0.137. The Balaban J connectivity index is 1.99. The molecule has 0 radical (unpaired) electrons. The van der Waals surface area contributed by atoms with E-state index in [1.54, 1.807) is 48.5 Å². The summed E-state index contributed by atoms with van der Waals surface area (Å²) >= 11 is 0. The molecule has 3 rings (SSSR count). The molecule has 2 unspecified atom stereocenters. The van der Waals surface area contributed by atoms with Crippen molar-refractivity contribution in [2.24, 2.45) is 0 Å². The zero-order valence-corrected chi connectivity index (χ0v) is 21.3. The van der Waals surface area contributed by atoms with E-state index in [4.69, 9.17) is 9.47 Å². The van der Waals surface area contributed by atoms with Crippen molar-refractivity contribution in [3.05, 3.63) is 89.5 Å². The summed E-state index contributed by atoms with van der Waals surface area (Å²) in [5, 5.41) is 13.8. The summed E-state index contributed by atoms with van der Waals surface area (Å²) in [4.78, 5) is 14.5. The lowest BCUT2D eigenvalue weighted by atomic mass is 9.94. The van der Waals surface area contributed by atoms with Gasteiger partial charge in [-0.2, -0.15) is 13.2 Å². The molecule has 0 saturated heterocycles. The number of methoxy groups -OCH3 is 2. The third-order valence-corrected chi connectivity index (χ3v) is 6.11. The van der Waals surface area contributed by atoms with Gasteiger partial charge in [0, 0.05) is 18.3 Å². The van der Waals surface area contributed by atoms with Gasteiger partial charge in [0.15, 0.2) is 11.5 Å².